The number of nitrogens with one attached hydrogen (secondary N) is 2. The minimum Gasteiger partial charge on any atom is -0.462 e. The molecule has 0 saturated heterocycles. The third-order valence-electron chi connectivity index (χ3n) is 3.20. The van der Waals surface area contributed by atoms with Crippen molar-refractivity contribution in [2.24, 2.45) is 0 Å². The van der Waals surface area contributed by atoms with E-state index in [1.54, 1.807) is 38.1 Å². The molecule has 2 amide bonds. The lowest BCUT2D eigenvalue weighted by atomic mass is 10.1. The Hall–Kier alpha value is -2.67. The van der Waals surface area contributed by atoms with Gasteiger partial charge in [0.1, 0.15) is 5.00 Å². The molecule has 0 bridgehead atoms. The zero-order chi connectivity index (χ0) is 17.7. The number of rotatable bonds is 5. The fourth-order valence-electron chi connectivity index (χ4n) is 2.17. The Kier molecular flexibility index (Phi) is 5.70. The highest BCUT2D eigenvalue weighted by atomic mass is 32.1. The van der Waals surface area contributed by atoms with Gasteiger partial charge in [0.15, 0.2) is 5.78 Å². The number of thiophene rings is 1. The number of carbonyl (C=O) groups is 3. The Morgan fingerprint density at radius 2 is 1.79 bits per heavy atom. The van der Waals surface area contributed by atoms with Crippen LogP contribution in [0.5, 0.6) is 0 Å². The van der Waals surface area contributed by atoms with Crippen molar-refractivity contribution < 1.29 is 19.1 Å². The number of benzene rings is 1. The predicted molar refractivity (Wildman–Crippen MR) is 94.1 cm³/mol. The lowest BCUT2D eigenvalue weighted by Crippen LogP contribution is -2.20. The number of amides is 2. The summed E-state index contributed by atoms with van der Waals surface area (Å²) >= 11 is 1.06. The molecule has 0 aliphatic rings. The van der Waals surface area contributed by atoms with E-state index >= 15 is 0 Å². The molecule has 0 saturated carbocycles. The van der Waals surface area contributed by atoms with Crippen LogP contribution >= 0.6 is 11.3 Å². The minimum atomic E-state index is -0.561. The van der Waals surface area contributed by atoms with Gasteiger partial charge in [0.2, 0.25) is 0 Å². The molecule has 7 heteroatoms. The molecule has 0 spiro atoms. The van der Waals surface area contributed by atoms with E-state index in [9.17, 15) is 14.4 Å². The fourth-order valence-corrected chi connectivity index (χ4v) is 3.26. The standard InChI is InChI=1S/C17H18N2O4S/c1-4-23-16(21)13-10(2)14(11(3)20)24-15(13)19-17(22)18-12-8-6-5-7-9-12/h5-9H,4H2,1-3H3,(H2,18,19,22). The van der Waals surface area contributed by atoms with Crippen molar-refractivity contribution in [2.75, 3.05) is 17.2 Å². The number of ketones is 1. The molecule has 0 radical (unpaired) electrons. The summed E-state index contributed by atoms with van der Waals surface area (Å²) in [6.07, 6.45) is 0. The van der Waals surface area contributed by atoms with Gasteiger partial charge in [-0.15, -0.1) is 11.3 Å². The first-order chi connectivity index (χ1) is 11.4. The smallest absolute Gasteiger partial charge is 0.341 e. The molecule has 0 aliphatic heterocycles. The van der Waals surface area contributed by atoms with Crippen molar-refractivity contribution in [3.63, 3.8) is 0 Å². The van der Waals surface area contributed by atoms with Gasteiger partial charge in [-0.2, -0.15) is 0 Å². The maximum absolute atomic E-state index is 12.2. The van der Waals surface area contributed by atoms with Crippen molar-refractivity contribution in [3.05, 3.63) is 46.3 Å². The Labute approximate surface area is 143 Å². The Balaban J connectivity index is 2.28. The minimum absolute atomic E-state index is 0.167. The average Bonchev–Trinajstić information content (AvgIpc) is 2.85. The second-order valence-electron chi connectivity index (χ2n) is 4.98. The fraction of sp³-hybridized carbons (Fsp3) is 0.235. The van der Waals surface area contributed by atoms with Gasteiger partial charge in [-0.3, -0.25) is 10.1 Å². The summed E-state index contributed by atoms with van der Waals surface area (Å²) in [4.78, 5) is 36.5. The number of hydrogen-bond donors (Lipinski definition) is 2. The van der Waals surface area contributed by atoms with Gasteiger partial charge in [-0.05, 0) is 38.5 Å². The number of ether oxygens (including phenoxy) is 1. The van der Waals surface area contributed by atoms with Gasteiger partial charge in [0.25, 0.3) is 0 Å². The summed E-state index contributed by atoms with van der Waals surface area (Å²) in [6, 6.07) is 8.41. The molecule has 1 aromatic heterocycles. The predicted octanol–water partition coefficient (Wildman–Crippen LogP) is 4.08. The first-order valence-electron chi connectivity index (χ1n) is 7.38. The number of carbonyl (C=O) groups excluding carboxylic acids is 3. The lowest BCUT2D eigenvalue weighted by Gasteiger charge is -2.08. The Bertz CT molecular complexity index is 768. The SMILES string of the molecule is CCOC(=O)c1c(NC(=O)Nc2ccccc2)sc(C(C)=O)c1C. The molecule has 1 aromatic carbocycles. The van der Waals surface area contributed by atoms with Gasteiger partial charge in [0.05, 0.1) is 17.0 Å². The summed E-state index contributed by atoms with van der Waals surface area (Å²) in [6.45, 7) is 4.99. The molecule has 2 rings (SSSR count). The third-order valence-corrected chi connectivity index (χ3v) is 4.51. The van der Waals surface area contributed by atoms with Crippen LogP contribution in [0, 0.1) is 6.92 Å². The van der Waals surface area contributed by atoms with Gasteiger partial charge >= 0.3 is 12.0 Å². The molecule has 1 heterocycles. The van der Waals surface area contributed by atoms with Crippen molar-refractivity contribution in [2.45, 2.75) is 20.8 Å². The zero-order valence-electron chi connectivity index (χ0n) is 13.6. The number of para-hydroxylation sites is 1. The van der Waals surface area contributed by atoms with Crippen LogP contribution in [-0.4, -0.2) is 24.4 Å². The largest absolute Gasteiger partial charge is 0.462 e. The van der Waals surface area contributed by atoms with Crippen LogP contribution in [0.15, 0.2) is 30.3 Å². The Morgan fingerprint density at radius 3 is 2.38 bits per heavy atom. The van der Waals surface area contributed by atoms with Gasteiger partial charge in [-0.25, -0.2) is 9.59 Å². The highest BCUT2D eigenvalue weighted by Crippen LogP contribution is 2.34. The summed E-state index contributed by atoms with van der Waals surface area (Å²) in [5.41, 5.74) is 1.35. The van der Waals surface area contributed by atoms with E-state index < -0.39 is 12.0 Å². The Morgan fingerprint density at radius 1 is 1.12 bits per heavy atom. The number of Topliss-reactive ketones (excluding diaryl/α,β-unsaturated/α-hetero) is 1. The van der Waals surface area contributed by atoms with E-state index in [1.165, 1.54) is 6.92 Å². The first kappa shape index (κ1) is 17.7. The highest BCUT2D eigenvalue weighted by Gasteiger charge is 2.25. The monoisotopic (exact) mass is 346 g/mol. The van der Waals surface area contributed by atoms with E-state index in [-0.39, 0.29) is 18.0 Å². The van der Waals surface area contributed by atoms with E-state index in [1.807, 2.05) is 6.07 Å². The van der Waals surface area contributed by atoms with E-state index in [2.05, 4.69) is 10.6 Å². The van der Waals surface area contributed by atoms with Crippen molar-refractivity contribution in [3.8, 4) is 0 Å². The molecular formula is C17H18N2O4S. The quantitative estimate of drug-likeness (QED) is 0.631. The van der Waals surface area contributed by atoms with Crippen molar-refractivity contribution in [1.82, 2.24) is 0 Å². The van der Waals surface area contributed by atoms with Crippen LogP contribution in [-0.2, 0) is 4.74 Å². The van der Waals surface area contributed by atoms with Crippen molar-refractivity contribution >= 4 is 39.8 Å². The van der Waals surface area contributed by atoms with Crippen LogP contribution in [0.4, 0.5) is 15.5 Å². The van der Waals surface area contributed by atoms with Crippen LogP contribution in [0.3, 0.4) is 0 Å². The van der Waals surface area contributed by atoms with Crippen LogP contribution < -0.4 is 10.6 Å². The highest BCUT2D eigenvalue weighted by molar-refractivity contribution is 7.18. The molecule has 24 heavy (non-hydrogen) atoms. The number of hydrogen-bond acceptors (Lipinski definition) is 5. The lowest BCUT2D eigenvalue weighted by molar-refractivity contribution is 0.0527. The summed E-state index contributed by atoms with van der Waals surface area (Å²) < 4.78 is 5.03. The average molecular weight is 346 g/mol. The third kappa shape index (κ3) is 3.99. The maximum atomic E-state index is 12.2. The van der Waals surface area contributed by atoms with Crippen molar-refractivity contribution in [1.29, 1.82) is 0 Å². The molecule has 126 valence electrons. The molecule has 0 unspecified atom stereocenters. The van der Waals surface area contributed by atoms with Crippen LogP contribution in [0.25, 0.3) is 0 Å². The molecule has 0 fully saturated rings. The summed E-state index contributed by atoms with van der Waals surface area (Å²) in [5.74, 6) is -0.728. The van der Waals surface area contributed by atoms with Gasteiger partial charge in [-0.1, -0.05) is 18.2 Å². The molecule has 2 N–H and O–H groups in total. The zero-order valence-corrected chi connectivity index (χ0v) is 14.5. The van der Waals surface area contributed by atoms with E-state index in [4.69, 9.17) is 4.74 Å². The molecule has 0 atom stereocenters. The normalized spacial score (nSPS) is 10.1. The number of urea groups is 1. The summed E-state index contributed by atoms with van der Waals surface area (Å²) in [7, 11) is 0. The number of anilines is 2. The van der Waals surface area contributed by atoms with Crippen LogP contribution in [0.2, 0.25) is 0 Å². The second-order valence-corrected chi connectivity index (χ2v) is 6.00. The van der Waals surface area contributed by atoms with Gasteiger partial charge in [0, 0.05) is 5.69 Å². The topological polar surface area (TPSA) is 84.5 Å². The number of esters is 1. The second kappa shape index (κ2) is 7.74. The van der Waals surface area contributed by atoms with Crippen LogP contribution in [0.1, 0.15) is 39.4 Å². The van der Waals surface area contributed by atoms with Gasteiger partial charge < -0.3 is 10.1 Å². The first-order valence-corrected chi connectivity index (χ1v) is 8.20. The molecule has 6 nitrogen and oxygen atoms in total. The maximum Gasteiger partial charge on any atom is 0.341 e. The molecule has 0 aliphatic carbocycles. The molecule has 2 aromatic rings. The van der Waals surface area contributed by atoms with E-state index in [0.29, 0.717) is 21.1 Å². The molecular weight excluding hydrogens is 328 g/mol. The summed E-state index contributed by atoms with van der Waals surface area (Å²) in [5, 5.41) is 5.59. The van der Waals surface area contributed by atoms with E-state index in [0.717, 1.165) is 11.3 Å².